The molecule has 3 nitrogen and oxygen atoms in total. The summed E-state index contributed by atoms with van der Waals surface area (Å²) in [5.41, 5.74) is 1.24. The molecule has 1 fully saturated rings. The largest absolute Gasteiger partial charge is 0.380 e. The predicted octanol–water partition coefficient (Wildman–Crippen LogP) is 1.51. The number of ether oxygens (including phenoxy) is 1. The van der Waals surface area contributed by atoms with Gasteiger partial charge in [-0.3, -0.25) is 0 Å². The van der Waals surface area contributed by atoms with Gasteiger partial charge >= 0.3 is 0 Å². The summed E-state index contributed by atoms with van der Waals surface area (Å²) in [6.45, 7) is 11.9. The summed E-state index contributed by atoms with van der Waals surface area (Å²) in [6.07, 6.45) is 2.74. The minimum absolute atomic E-state index is 0.849. The lowest BCUT2D eigenvalue weighted by molar-refractivity contribution is 0.105. The van der Waals surface area contributed by atoms with Crippen molar-refractivity contribution in [3.05, 3.63) is 12.2 Å². The molecule has 0 aromatic carbocycles. The number of rotatable bonds is 10. The second-order valence-electron chi connectivity index (χ2n) is 4.79. The molecule has 0 aromatic heterocycles. The van der Waals surface area contributed by atoms with E-state index in [0.29, 0.717) is 0 Å². The van der Waals surface area contributed by atoms with E-state index in [1.165, 1.54) is 18.4 Å². The van der Waals surface area contributed by atoms with E-state index in [4.69, 9.17) is 4.74 Å². The number of likely N-dealkylation sites (N-methyl/N-ethyl adjacent to an activating group) is 2. The Balaban J connectivity index is 1.91. The van der Waals surface area contributed by atoms with Crippen LogP contribution in [0.15, 0.2) is 12.2 Å². The Morgan fingerprint density at radius 1 is 1.50 bits per heavy atom. The van der Waals surface area contributed by atoms with Crippen LogP contribution in [0.5, 0.6) is 0 Å². The molecule has 0 amide bonds. The van der Waals surface area contributed by atoms with E-state index in [9.17, 15) is 0 Å². The summed E-state index contributed by atoms with van der Waals surface area (Å²) in [6, 6.07) is 0. The summed E-state index contributed by atoms with van der Waals surface area (Å²) in [5, 5.41) is 3.29. The summed E-state index contributed by atoms with van der Waals surface area (Å²) < 4.78 is 5.60. The fourth-order valence-corrected chi connectivity index (χ4v) is 1.57. The van der Waals surface area contributed by atoms with Gasteiger partial charge < -0.3 is 15.0 Å². The first kappa shape index (κ1) is 13.7. The van der Waals surface area contributed by atoms with Crippen LogP contribution in [0.25, 0.3) is 0 Å². The monoisotopic (exact) mass is 226 g/mol. The van der Waals surface area contributed by atoms with Gasteiger partial charge in [0.15, 0.2) is 0 Å². The molecule has 1 saturated carbocycles. The van der Waals surface area contributed by atoms with Crippen molar-refractivity contribution in [2.45, 2.75) is 19.8 Å². The van der Waals surface area contributed by atoms with Crippen LogP contribution in [0.1, 0.15) is 19.8 Å². The normalized spacial score (nSPS) is 15.7. The van der Waals surface area contributed by atoms with Gasteiger partial charge in [-0.15, -0.1) is 0 Å². The molecular formula is C13H26N2O. The molecule has 1 aliphatic rings. The lowest BCUT2D eigenvalue weighted by Gasteiger charge is -2.18. The molecule has 0 atom stereocenters. The molecule has 0 aromatic rings. The van der Waals surface area contributed by atoms with Crippen molar-refractivity contribution in [3.8, 4) is 0 Å². The van der Waals surface area contributed by atoms with Crippen molar-refractivity contribution in [1.82, 2.24) is 10.2 Å². The van der Waals surface area contributed by atoms with Crippen molar-refractivity contribution in [2.24, 2.45) is 5.92 Å². The summed E-state index contributed by atoms with van der Waals surface area (Å²) in [5.74, 6) is 0.869. The van der Waals surface area contributed by atoms with Gasteiger partial charge in [-0.1, -0.05) is 13.5 Å². The molecule has 0 heterocycles. The SMILES string of the molecule is C=C(CNCC)CN(C)CCOCC1CC1. The van der Waals surface area contributed by atoms with E-state index in [0.717, 1.165) is 45.3 Å². The number of hydrogen-bond acceptors (Lipinski definition) is 3. The Labute approximate surface area is 99.8 Å². The first-order chi connectivity index (χ1) is 7.72. The Bertz CT molecular complexity index is 202. The molecule has 0 saturated heterocycles. The highest BCUT2D eigenvalue weighted by Gasteiger charge is 2.20. The van der Waals surface area contributed by atoms with E-state index < -0.39 is 0 Å². The first-order valence-electron chi connectivity index (χ1n) is 6.36. The van der Waals surface area contributed by atoms with Gasteiger partial charge in [0.1, 0.15) is 0 Å². The van der Waals surface area contributed by atoms with Crippen LogP contribution in [0, 0.1) is 5.92 Å². The predicted molar refractivity (Wildman–Crippen MR) is 68.7 cm³/mol. The lowest BCUT2D eigenvalue weighted by atomic mass is 10.3. The minimum Gasteiger partial charge on any atom is -0.380 e. The molecule has 1 rings (SSSR count). The van der Waals surface area contributed by atoms with Crippen LogP contribution in [-0.2, 0) is 4.74 Å². The number of nitrogens with one attached hydrogen (secondary N) is 1. The summed E-state index contributed by atoms with van der Waals surface area (Å²) in [4.78, 5) is 2.27. The Kier molecular flexibility index (Phi) is 6.69. The van der Waals surface area contributed by atoms with E-state index in [1.807, 2.05) is 0 Å². The Hall–Kier alpha value is -0.380. The van der Waals surface area contributed by atoms with Crippen LogP contribution in [-0.4, -0.2) is 51.3 Å². The fourth-order valence-electron chi connectivity index (χ4n) is 1.57. The maximum absolute atomic E-state index is 5.60. The number of nitrogens with zero attached hydrogens (tertiary/aromatic N) is 1. The van der Waals surface area contributed by atoms with Crippen LogP contribution in [0.4, 0.5) is 0 Å². The van der Waals surface area contributed by atoms with Crippen molar-refractivity contribution < 1.29 is 4.74 Å². The van der Waals surface area contributed by atoms with Gasteiger partial charge in [0.05, 0.1) is 6.61 Å². The molecule has 0 aliphatic heterocycles. The molecule has 0 radical (unpaired) electrons. The van der Waals surface area contributed by atoms with Gasteiger partial charge in [-0.05, 0) is 37.9 Å². The highest BCUT2D eigenvalue weighted by atomic mass is 16.5. The summed E-state index contributed by atoms with van der Waals surface area (Å²) in [7, 11) is 2.12. The molecule has 94 valence electrons. The smallest absolute Gasteiger partial charge is 0.0593 e. The standard InChI is InChI=1S/C13H26N2O/c1-4-14-9-12(2)10-15(3)7-8-16-11-13-5-6-13/h13-14H,2,4-11H2,1,3H3. The number of hydrogen-bond donors (Lipinski definition) is 1. The Morgan fingerprint density at radius 3 is 2.88 bits per heavy atom. The van der Waals surface area contributed by atoms with E-state index >= 15 is 0 Å². The maximum Gasteiger partial charge on any atom is 0.0593 e. The molecule has 16 heavy (non-hydrogen) atoms. The molecule has 0 spiro atoms. The van der Waals surface area contributed by atoms with Crippen LogP contribution < -0.4 is 5.32 Å². The van der Waals surface area contributed by atoms with Gasteiger partial charge in [0.2, 0.25) is 0 Å². The minimum atomic E-state index is 0.849. The van der Waals surface area contributed by atoms with Gasteiger partial charge in [0.25, 0.3) is 0 Å². The van der Waals surface area contributed by atoms with Crippen LogP contribution in [0.3, 0.4) is 0 Å². The first-order valence-corrected chi connectivity index (χ1v) is 6.36. The van der Waals surface area contributed by atoms with Crippen molar-refractivity contribution in [3.63, 3.8) is 0 Å². The van der Waals surface area contributed by atoms with Crippen molar-refractivity contribution in [2.75, 3.05) is 46.4 Å². The molecule has 1 aliphatic carbocycles. The molecule has 0 unspecified atom stereocenters. The zero-order chi connectivity index (χ0) is 11.8. The topological polar surface area (TPSA) is 24.5 Å². The van der Waals surface area contributed by atoms with Crippen LogP contribution in [0.2, 0.25) is 0 Å². The third-order valence-electron chi connectivity index (χ3n) is 2.79. The van der Waals surface area contributed by atoms with E-state index in [1.54, 1.807) is 0 Å². The highest BCUT2D eigenvalue weighted by Crippen LogP contribution is 2.28. The van der Waals surface area contributed by atoms with Crippen molar-refractivity contribution in [1.29, 1.82) is 0 Å². The molecular weight excluding hydrogens is 200 g/mol. The van der Waals surface area contributed by atoms with E-state index in [-0.39, 0.29) is 0 Å². The average Bonchev–Trinajstić information content (AvgIpc) is 3.05. The zero-order valence-corrected chi connectivity index (χ0v) is 10.8. The third-order valence-corrected chi connectivity index (χ3v) is 2.79. The van der Waals surface area contributed by atoms with Gasteiger partial charge in [-0.2, -0.15) is 0 Å². The fraction of sp³-hybridized carbons (Fsp3) is 0.846. The second-order valence-corrected chi connectivity index (χ2v) is 4.79. The summed E-state index contributed by atoms with van der Waals surface area (Å²) >= 11 is 0. The maximum atomic E-state index is 5.60. The second kappa shape index (κ2) is 7.82. The van der Waals surface area contributed by atoms with Gasteiger partial charge in [0, 0.05) is 26.2 Å². The molecule has 1 N–H and O–H groups in total. The third kappa shape index (κ3) is 6.99. The average molecular weight is 226 g/mol. The lowest BCUT2D eigenvalue weighted by Crippen LogP contribution is -2.28. The zero-order valence-electron chi connectivity index (χ0n) is 10.8. The van der Waals surface area contributed by atoms with Crippen LogP contribution >= 0.6 is 0 Å². The molecule has 0 bridgehead atoms. The quantitative estimate of drug-likeness (QED) is 0.451. The molecule has 3 heteroatoms. The Morgan fingerprint density at radius 2 is 2.25 bits per heavy atom. The highest BCUT2D eigenvalue weighted by molar-refractivity contribution is 4.99. The van der Waals surface area contributed by atoms with Crippen molar-refractivity contribution >= 4 is 0 Å². The van der Waals surface area contributed by atoms with E-state index in [2.05, 4.69) is 30.8 Å². The van der Waals surface area contributed by atoms with Gasteiger partial charge in [-0.25, -0.2) is 0 Å².